The Morgan fingerprint density at radius 2 is 2.30 bits per heavy atom. The van der Waals surface area contributed by atoms with Crippen molar-refractivity contribution >= 4 is 11.6 Å². The molecule has 2 aromatic heterocycles. The minimum atomic E-state index is -0.424. The van der Waals surface area contributed by atoms with E-state index in [2.05, 4.69) is 5.10 Å². The molecule has 3 rings (SSSR count). The summed E-state index contributed by atoms with van der Waals surface area (Å²) in [5.74, 6) is -0.312. The van der Waals surface area contributed by atoms with E-state index in [1.165, 1.54) is 4.40 Å². The van der Waals surface area contributed by atoms with Crippen molar-refractivity contribution in [3.8, 4) is 0 Å². The maximum Gasteiger partial charge on any atom is 0.357 e. The summed E-state index contributed by atoms with van der Waals surface area (Å²) in [5.41, 5.74) is 5.94. The lowest BCUT2D eigenvalue weighted by molar-refractivity contribution is 0.0805. The zero-order valence-electron chi connectivity index (χ0n) is 11.1. The Balaban J connectivity index is 1.82. The van der Waals surface area contributed by atoms with Gasteiger partial charge in [0.25, 0.3) is 5.91 Å². The third kappa shape index (κ3) is 2.37. The fraction of sp³-hybridized carbons (Fsp3) is 0.462. The first-order chi connectivity index (χ1) is 9.65. The van der Waals surface area contributed by atoms with Crippen LogP contribution in [0.5, 0.6) is 0 Å². The highest BCUT2D eigenvalue weighted by atomic mass is 16.2. The minimum Gasteiger partial charge on any atom is -0.327 e. The molecule has 0 unspecified atom stereocenters. The van der Waals surface area contributed by atoms with Crippen molar-refractivity contribution in [2.45, 2.75) is 18.9 Å². The van der Waals surface area contributed by atoms with Gasteiger partial charge in [-0.05, 0) is 31.5 Å². The molecule has 2 N–H and O–H groups in total. The van der Waals surface area contributed by atoms with Crippen LogP contribution < -0.4 is 11.4 Å². The van der Waals surface area contributed by atoms with Crippen molar-refractivity contribution in [1.29, 1.82) is 0 Å². The van der Waals surface area contributed by atoms with Gasteiger partial charge in [-0.3, -0.25) is 9.69 Å². The molecule has 0 aromatic carbocycles. The molecule has 0 aliphatic carbocycles. The second kappa shape index (κ2) is 5.18. The highest BCUT2D eigenvalue weighted by Gasteiger charge is 2.21. The number of hydrogen-bond acceptors (Lipinski definition) is 5. The molecule has 0 amide bonds. The molecule has 2 aromatic rings. The fourth-order valence-corrected chi connectivity index (χ4v) is 2.58. The molecule has 7 nitrogen and oxygen atoms in total. The van der Waals surface area contributed by atoms with E-state index in [0.29, 0.717) is 12.2 Å². The molecule has 0 saturated carbocycles. The number of hydrogen-bond donors (Lipinski definition) is 1. The third-order valence-electron chi connectivity index (χ3n) is 3.57. The molecule has 7 heteroatoms. The zero-order valence-corrected chi connectivity index (χ0v) is 11.1. The summed E-state index contributed by atoms with van der Waals surface area (Å²) in [6, 6.07) is 5.31. The third-order valence-corrected chi connectivity index (χ3v) is 3.57. The van der Waals surface area contributed by atoms with Crippen molar-refractivity contribution in [3.05, 3.63) is 34.9 Å². The van der Waals surface area contributed by atoms with Crippen molar-refractivity contribution < 1.29 is 4.79 Å². The number of nitrogens with two attached hydrogens (primary N) is 1. The van der Waals surface area contributed by atoms with Crippen LogP contribution in [0.4, 0.5) is 0 Å². The summed E-state index contributed by atoms with van der Waals surface area (Å²) in [7, 11) is 0. The predicted molar refractivity (Wildman–Crippen MR) is 73.7 cm³/mol. The number of rotatable bonds is 2. The Hall–Kier alpha value is -1.99. The first kappa shape index (κ1) is 13.0. The lowest BCUT2D eigenvalue weighted by Crippen LogP contribution is -2.46. The second-order valence-corrected chi connectivity index (χ2v) is 5.15. The van der Waals surface area contributed by atoms with Gasteiger partial charge >= 0.3 is 5.69 Å². The number of pyridine rings is 1. The van der Waals surface area contributed by atoms with Crippen LogP contribution in [0.25, 0.3) is 5.65 Å². The topological polar surface area (TPSA) is 85.6 Å². The number of likely N-dealkylation sites (tertiary alicyclic amines) is 1. The lowest BCUT2D eigenvalue weighted by atomic mass is 10.1. The van der Waals surface area contributed by atoms with Crippen LogP contribution in [0.1, 0.15) is 17.6 Å². The van der Waals surface area contributed by atoms with Gasteiger partial charge in [0.2, 0.25) is 0 Å². The predicted octanol–water partition coefficient (Wildman–Crippen LogP) is -0.441. The molecule has 0 spiro atoms. The van der Waals surface area contributed by atoms with Gasteiger partial charge in [0, 0.05) is 18.8 Å². The molecule has 1 atom stereocenters. The van der Waals surface area contributed by atoms with Crippen LogP contribution >= 0.6 is 0 Å². The van der Waals surface area contributed by atoms with Gasteiger partial charge in [-0.2, -0.15) is 0 Å². The molecule has 1 fully saturated rings. The van der Waals surface area contributed by atoms with E-state index >= 15 is 0 Å². The van der Waals surface area contributed by atoms with E-state index in [1.807, 2.05) is 4.90 Å². The molecular formula is C13H17N5O2. The largest absolute Gasteiger partial charge is 0.357 e. The molecule has 1 aliphatic rings. The van der Waals surface area contributed by atoms with Crippen LogP contribution in [0.15, 0.2) is 29.2 Å². The monoisotopic (exact) mass is 275 g/mol. The molecule has 1 aliphatic heterocycles. The zero-order chi connectivity index (χ0) is 14.1. The number of nitrogens with zero attached hydrogens (tertiary/aromatic N) is 4. The highest BCUT2D eigenvalue weighted by molar-refractivity contribution is 5.80. The Morgan fingerprint density at radius 3 is 3.05 bits per heavy atom. The molecule has 106 valence electrons. The second-order valence-electron chi connectivity index (χ2n) is 5.15. The van der Waals surface area contributed by atoms with Crippen molar-refractivity contribution in [1.82, 2.24) is 19.1 Å². The summed E-state index contributed by atoms with van der Waals surface area (Å²) in [4.78, 5) is 26.3. The van der Waals surface area contributed by atoms with Crippen LogP contribution in [-0.4, -0.2) is 50.7 Å². The first-order valence-electron chi connectivity index (χ1n) is 6.73. The maximum atomic E-state index is 12.2. The quantitative estimate of drug-likeness (QED) is 0.803. The van der Waals surface area contributed by atoms with Crippen molar-refractivity contribution in [2.75, 3.05) is 19.6 Å². The first-order valence-corrected chi connectivity index (χ1v) is 6.73. The average molecular weight is 275 g/mol. The van der Waals surface area contributed by atoms with Crippen molar-refractivity contribution in [3.63, 3.8) is 0 Å². The smallest absolute Gasteiger partial charge is 0.327 e. The number of carbonyl (C=O) groups excluding carboxylic acids is 1. The van der Waals surface area contributed by atoms with E-state index < -0.39 is 5.69 Å². The molecule has 3 heterocycles. The molecule has 20 heavy (non-hydrogen) atoms. The molecule has 1 saturated heterocycles. The van der Waals surface area contributed by atoms with Gasteiger partial charge in [-0.25, -0.2) is 9.20 Å². The van der Waals surface area contributed by atoms with Crippen LogP contribution in [0, 0.1) is 0 Å². The average Bonchev–Trinajstić information content (AvgIpc) is 2.77. The number of aromatic nitrogens is 3. The van der Waals surface area contributed by atoms with Gasteiger partial charge in [-0.1, -0.05) is 6.07 Å². The van der Waals surface area contributed by atoms with E-state index in [-0.39, 0.29) is 18.5 Å². The van der Waals surface area contributed by atoms with Crippen LogP contribution in [0.3, 0.4) is 0 Å². The Bertz CT molecular complexity index is 689. The summed E-state index contributed by atoms with van der Waals surface area (Å²) < 4.78 is 2.30. The SMILES string of the molecule is N[C@@H]1CCCN(CC(=O)n2nc3ccccn3c2=O)C1. The number of piperidine rings is 1. The van der Waals surface area contributed by atoms with Crippen molar-refractivity contribution in [2.24, 2.45) is 5.73 Å². The Morgan fingerprint density at radius 1 is 1.45 bits per heavy atom. The summed E-state index contributed by atoms with van der Waals surface area (Å²) in [6.45, 7) is 1.70. The minimum absolute atomic E-state index is 0.106. The molecular weight excluding hydrogens is 258 g/mol. The van der Waals surface area contributed by atoms with Gasteiger partial charge in [0.15, 0.2) is 5.65 Å². The number of fused-ring (bicyclic) bond motifs is 1. The number of carbonyl (C=O) groups is 1. The lowest BCUT2D eigenvalue weighted by Gasteiger charge is -2.29. The van der Waals surface area contributed by atoms with Crippen LogP contribution in [-0.2, 0) is 0 Å². The Labute approximate surface area is 115 Å². The summed E-state index contributed by atoms with van der Waals surface area (Å²) >= 11 is 0. The van der Waals surface area contributed by atoms with E-state index in [0.717, 1.165) is 24.1 Å². The van der Waals surface area contributed by atoms with Gasteiger partial charge in [0.1, 0.15) is 0 Å². The van der Waals surface area contributed by atoms with Gasteiger partial charge in [0.05, 0.1) is 6.54 Å². The molecule has 0 bridgehead atoms. The van der Waals surface area contributed by atoms with Gasteiger partial charge < -0.3 is 5.73 Å². The summed E-state index contributed by atoms with van der Waals surface area (Å²) in [5, 5.41) is 4.06. The fourth-order valence-electron chi connectivity index (χ4n) is 2.58. The normalized spacial score (nSPS) is 20.4. The maximum absolute atomic E-state index is 12.2. The van der Waals surface area contributed by atoms with E-state index in [9.17, 15) is 9.59 Å². The highest BCUT2D eigenvalue weighted by Crippen LogP contribution is 2.07. The van der Waals surface area contributed by atoms with Gasteiger partial charge in [-0.15, -0.1) is 9.78 Å². The van der Waals surface area contributed by atoms with E-state index in [1.54, 1.807) is 24.4 Å². The Kier molecular flexibility index (Phi) is 3.37. The molecule has 0 radical (unpaired) electrons. The van der Waals surface area contributed by atoms with Crippen LogP contribution in [0.2, 0.25) is 0 Å². The van der Waals surface area contributed by atoms with E-state index in [4.69, 9.17) is 5.73 Å². The standard InChI is InChI=1S/C13H17N5O2/c14-10-4-3-6-16(8-10)9-12(19)18-13(20)17-7-2-1-5-11(17)15-18/h1-2,5,7,10H,3-4,6,8-9,14H2/t10-/m1/s1. The summed E-state index contributed by atoms with van der Waals surface area (Å²) in [6.07, 6.45) is 3.57.